The highest BCUT2D eigenvalue weighted by atomic mass is 19.4. The second kappa shape index (κ2) is 9.02. The number of esters is 1. The molecule has 0 spiro atoms. The van der Waals surface area contributed by atoms with Gasteiger partial charge >= 0.3 is 12.1 Å². The molecule has 1 aliphatic rings. The quantitative estimate of drug-likeness (QED) is 0.721. The SMILES string of the molecule is CCOC(=O)CCCN1CCN(C(=O)c2ccccc2C(F)(F)F)CC1. The van der Waals surface area contributed by atoms with E-state index in [0.717, 1.165) is 6.07 Å². The summed E-state index contributed by atoms with van der Waals surface area (Å²) in [5.74, 6) is -0.825. The van der Waals surface area contributed by atoms with E-state index in [1.54, 1.807) is 6.92 Å². The maximum Gasteiger partial charge on any atom is 0.417 e. The van der Waals surface area contributed by atoms with Crippen molar-refractivity contribution in [1.82, 2.24) is 9.80 Å². The average Bonchev–Trinajstić information content (AvgIpc) is 2.61. The first-order valence-corrected chi connectivity index (χ1v) is 8.66. The molecule has 0 atom stereocenters. The summed E-state index contributed by atoms with van der Waals surface area (Å²) in [6.45, 7) is 4.68. The van der Waals surface area contributed by atoms with Gasteiger partial charge in [0.2, 0.25) is 0 Å². The van der Waals surface area contributed by atoms with Gasteiger partial charge in [0.25, 0.3) is 5.91 Å². The lowest BCUT2D eigenvalue weighted by Gasteiger charge is -2.35. The van der Waals surface area contributed by atoms with Crippen molar-refractivity contribution in [3.8, 4) is 0 Å². The van der Waals surface area contributed by atoms with Gasteiger partial charge in [-0.3, -0.25) is 14.5 Å². The molecule has 144 valence electrons. The first-order chi connectivity index (χ1) is 12.3. The molecule has 2 rings (SSSR count). The van der Waals surface area contributed by atoms with E-state index in [4.69, 9.17) is 4.74 Å². The molecule has 1 fully saturated rings. The van der Waals surface area contributed by atoms with Crippen LogP contribution in [-0.2, 0) is 15.7 Å². The number of benzene rings is 1. The Hall–Kier alpha value is -2.09. The minimum absolute atomic E-state index is 0.231. The van der Waals surface area contributed by atoms with E-state index in [-0.39, 0.29) is 11.5 Å². The average molecular weight is 372 g/mol. The standard InChI is InChI=1S/C18H23F3N2O3/c1-2-26-16(24)8-5-9-22-10-12-23(13-11-22)17(25)14-6-3-4-7-15(14)18(19,20)21/h3-4,6-7H,2,5,8-13H2,1H3. The fraction of sp³-hybridized carbons (Fsp3) is 0.556. The molecule has 0 radical (unpaired) electrons. The van der Waals surface area contributed by atoms with E-state index >= 15 is 0 Å². The van der Waals surface area contributed by atoms with Crippen LogP contribution < -0.4 is 0 Å². The van der Waals surface area contributed by atoms with Crippen LogP contribution in [0.15, 0.2) is 24.3 Å². The van der Waals surface area contributed by atoms with Crippen LogP contribution in [0.5, 0.6) is 0 Å². The summed E-state index contributed by atoms with van der Waals surface area (Å²) < 4.78 is 44.1. The lowest BCUT2D eigenvalue weighted by Crippen LogP contribution is -2.49. The number of nitrogens with zero attached hydrogens (tertiary/aromatic N) is 2. The fourth-order valence-corrected chi connectivity index (χ4v) is 2.94. The van der Waals surface area contributed by atoms with Gasteiger partial charge in [0.15, 0.2) is 0 Å². The van der Waals surface area contributed by atoms with Crippen molar-refractivity contribution >= 4 is 11.9 Å². The molecule has 1 saturated heterocycles. The van der Waals surface area contributed by atoms with Crippen LogP contribution in [0.25, 0.3) is 0 Å². The van der Waals surface area contributed by atoms with Crippen molar-refractivity contribution in [3.05, 3.63) is 35.4 Å². The Labute approximate surface area is 150 Å². The van der Waals surface area contributed by atoms with E-state index in [1.165, 1.54) is 23.1 Å². The summed E-state index contributed by atoms with van der Waals surface area (Å²) in [5.41, 5.74) is -1.21. The third kappa shape index (κ3) is 5.45. The molecule has 0 bridgehead atoms. The van der Waals surface area contributed by atoms with E-state index in [1.807, 2.05) is 0 Å². The normalized spacial score (nSPS) is 15.8. The number of carbonyl (C=O) groups is 2. The van der Waals surface area contributed by atoms with Crippen LogP contribution >= 0.6 is 0 Å². The van der Waals surface area contributed by atoms with Crippen LogP contribution in [0, 0.1) is 0 Å². The van der Waals surface area contributed by atoms with E-state index in [0.29, 0.717) is 52.2 Å². The lowest BCUT2D eigenvalue weighted by molar-refractivity contribution is -0.143. The monoisotopic (exact) mass is 372 g/mol. The zero-order valence-electron chi connectivity index (χ0n) is 14.7. The van der Waals surface area contributed by atoms with Gasteiger partial charge < -0.3 is 9.64 Å². The number of hydrogen-bond acceptors (Lipinski definition) is 4. The third-order valence-electron chi connectivity index (χ3n) is 4.28. The van der Waals surface area contributed by atoms with Crippen LogP contribution in [0.3, 0.4) is 0 Å². The number of hydrogen-bond donors (Lipinski definition) is 0. The number of alkyl halides is 3. The van der Waals surface area contributed by atoms with Crippen molar-refractivity contribution < 1.29 is 27.5 Å². The summed E-state index contributed by atoms with van der Waals surface area (Å²) in [5, 5.41) is 0. The zero-order chi connectivity index (χ0) is 19.2. The number of halogens is 3. The number of carbonyl (C=O) groups excluding carboxylic acids is 2. The molecule has 0 aromatic heterocycles. The Kier molecular flexibility index (Phi) is 7.02. The van der Waals surface area contributed by atoms with Gasteiger partial charge in [-0.1, -0.05) is 12.1 Å². The molecule has 1 aromatic carbocycles. The summed E-state index contributed by atoms with van der Waals surface area (Å²) in [7, 11) is 0. The minimum Gasteiger partial charge on any atom is -0.466 e. The second-order valence-corrected chi connectivity index (χ2v) is 6.09. The van der Waals surface area contributed by atoms with Crippen molar-refractivity contribution in [2.45, 2.75) is 25.9 Å². The van der Waals surface area contributed by atoms with Crippen molar-refractivity contribution in [2.75, 3.05) is 39.3 Å². The number of ether oxygens (including phenoxy) is 1. The first-order valence-electron chi connectivity index (χ1n) is 8.66. The Morgan fingerprint density at radius 3 is 2.38 bits per heavy atom. The molecular weight excluding hydrogens is 349 g/mol. The summed E-state index contributed by atoms with van der Waals surface area (Å²) in [6, 6.07) is 4.87. The van der Waals surface area contributed by atoms with Gasteiger partial charge in [-0.2, -0.15) is 13.2 Å². The van der Waals surface area contributed by atoms with Crippen molar-refractivity contribution in [1.29, 1.82) is 0 Å². The highest BCUT2D eigenvalue weighted by molar-refractivity contribution is 5.96. The van der Waals surface area contributed by atoms with Gasteiger partial charge in [-0.05, 0) is 32.0 Å². The smallest absolute Gasteiger partial charge is 0.417 e. The molecule has 8 heteroatoms. The highest BCUT2D eigenvalue weighted by Crippen LogP contribution is 2.32. The molecule has 1 amide bonds. The Morgan fingerprint density at radius 1 is 1.12 bits per heavy atom. The minimum atomic E-state index is -4.55. The Bertz CT molecular complexity index is 626. The molecule has 0 unspecified atom stereocenters. The molecule has 1 aliphatic heterocycles. The number of amides is 1. The largest absolute Gasteiger partial charge is 0.466 e. The van der Waals surface area contributed by atoms with Crippen LogP contribution in [0.2, 0.25) is 0 Å². The topological polar surface area (TPSA) is 49.9 Å². The van der Waals surface area contributed by atoms with E-state index in [2.05, 4.69) is 4.90 Å². The number of piperazine rings is 1. The molecular formula is C18H23F3N2O3. The molecule has 5 nitrogen and oxygen atoms in total. The second-order valence-electron chi connectivity index (χ2n) is 6.09. The van der Waals surface area contributed by atoms with Gasteiger partial charge in [-0.25, -0.2) is 0 Å². The summed E-state index contributed by atoms with van der Waals surface area (Å²) in [6.07, 6.45) is -3.56. The van der Waals surface area contributed by atoms with Gasteiger partial charge in [0, 0.05) is 32.6 Å². The highest BCUT2D eigenvalue weighted by Gasteiger charge is 2.36. The van der Waals surface area contributed by atoms with Gasteiger partial charge in [0.05, 0.1) is 17.7 Å². The van der Waals surface area contributed by atoms with E-state index < -0.39 is 17.6 Å². The maximum atomic E-state index is 13.1. The molecule has 0 N–H and O–H groups in total. The maximum absolute atomic E-state index is 13.1. The predicted molar refractivity (Wildman–Crippen MR) is 89.7 cm³/mol. The Morgan fingerprint density at radius 2 is 1.77 bits per heavy atom. The fourth-order valence-electron chi connectivity index (χ4n) is 2.94. The molecule has 0 aliphatic carbocycles. The number of rotatable bonds is 6. The van der Waals surface area contributed by atoms with Crippen molar-refractivity contribution in [2.24, 2.45) is 0 Å². The Balaban J connectivity index is 1.87. The van der Waals surface area contributed by atoms with E-state index in [9.17, 15) is 22.8 Å². The third-order valence-corrected chi connectivity index (χ3v) is 4.28. The van der Waals surface area contributed by atoms with Crippen LogP contribution in [-0.4, -0.2) is 61.0 Å². The van der Waals surface area contributed by atoms with Crippen LogP contribution in [0.4, 0.5) is 13.2 Å². The van der Waals surface area contributed by atoms with Crippen molar-refractivity contribution in [3.63, 3.8) is 0 Å². The predicted octanol–water partition coefficient (Wildman–Crippen LogP) is 2.81. The zero-order valence-corrected chi connectivity index (χ0v) is 14.7. The first kappa shape index (κ1) is 20.2. The van der Waals surface area contributed by atoms with Gasteiger partial charge in [0.1, 0.15) is 0 Å². The lowest BCUT2D eigenvalue weighted by atomic mass is 10.1. The summed E-state index contributed by atoms with van der Waals surface area (Å²) >= 11 is 0. The molecule has 1 aromatic rings. The van der Waals surface area contributed by atoms with Crippen LogP contribution in [0.1, 0.15) is 35.7 Å². The molecule has 0 saturated carbocycles. The molecule has 1 heterocycles. The summed E-state index contributed by atoms with van der Waals surface area (Å²) in [4.78, 5) is 27.4. The van der Waals surface area contributed by atoms with Gasteiger partial charge in [-0.15, -0.1) is 0 Å². The molecule has 26 heavy (non-hydrogen) atoms.